The predicted molar refractivity (Wildman–Crippen MR) is 119 cm³/mol. The highest BCUT2D eigenvalue weighted by molar-refractivity contribution is 7.09. The van der Waals surface area contributed by atoms with Gasteiger partial charge in [-0.25, -0.2) is 9.73 Å². The van der Waals surface area contributed by atoms with E-state index in [9.17, 15) is 9.59 Å². The Hall–Kier alpha value is -3.98. The maximum absolute atomic E-state index is 12.7. The number of nitrogens with zero attached hydrogens (tertiary/aromatic N) is 3. The number of carbonyl (C=O) groups is 1. The van der Waals surface area contributed by atoms with Crippen LogP contribution in [0.5, 0.6) is 5.75 Å². The molecule has 0 spiro atoms. The Morgan fingerprint density at radius 3 is 2.77 bits per heavy atom. The van der Waals surface area contributed by atoms with Crippen LogP contribution in [0.3, 0.4) is 0 Å². The number of hydrogen-bond donors (Lipinski definition) is 2. The van der Waals surface area contributed by atoms with Crippen molar-refractivity contribution in [2.45, 2.75) is 6.54 Å². The maximum Gasteiger partial charge on any atom is 0.281 e. The van der Waals surface area contributed by atoms with Crippen molar-refractivity contribution in [3.05, 3.63) is 80.8 Å². The Morgan fingerprint density at radius 1 is 1.19 bits per heavy atom. The normalized spacial score (nSPS) is 11.1. The molecule has 154 valence electrons. The number of hydrogen-bond acceptors (Lipinski definition) is 6. The van der Waals surface area contributed by atoms with Crippen molar-refractivity contribution in [3.63, 3.8) is 0 Å². The number of methoxy groups -OCH3 is 1. The van der Waals surface area contributed by atoms with Gasteiger partial charge in [0.25, 0.3) is 11.5 Å². The van der Waals surface area contributed by atoms with E-state index in [1.807, 2.05) is 41.8 Å². The van der Waals surface area contributed by atoms with Gasteiger partial charge in [0.1, 0.15) is 11.4 Å². The lowest BCUT2D eigenvalue weighted by atomic mass is 10.1. The molecule has 5 aromatic rings. The van der Waals surface area contributed by atoms with E-state index in [0.717, 1.165) is 16.2 Å². The number of aromatic amines is 1. The summed E-state index contributed by atoms with van der Waals surface area (Å²) in [4.78, 5) is 30.6. The van der Waals surface area contributed by atoms with Gasteiger partial charge in [0.15, 0.2) is 5.65 Å². The van der Waals surface area contributed by atoms with Crippen LogP contribution in [0.15, 0.2) is 64.8 Å². The smallest absolute Gasteiger partial charge is 0.281 e. The van der Waals surface area contributed by atoms with E-state index < -0.39 is 0 Å². The van der Waals surface area contributed by atoms with Crippen molar-refractivity contribution in [2.75, 3.05) is 7.11 Å². The van der Waals surface area contributed by atoms with Gasteiger partial charge in [0, 0.05) is 16.0 Å². The summed E-state index contributed by atoms with van der Waals surface area (Å²) >= 11 is 1.58. The monoisotopic (exact) mass is 431 g/mol. The summed E-state index contributed by atoms with van der Waals surface area (Å²) in [7, 11) is 1.60. The Kier molecular flexibility index (Phi) is 4.72. The van der Waals surface area contributed by atoms with E-state index >= 15 is 0 Å². The van der Waals surface area contributed by atoms with Crippen molar-refractivity contribution < 1.29 is 9.53 Å². The quantitative estimate of drug-likeness (QED) is 0.445. The Morgan fingerprint density at radius 2 is 2.03 bits per heavy atom. The van der Waals surface area contributed by atoms with Crippen molar-refractivity contribution in [2.24, 2.45) is 0 Å². The number of nitrogens with one attached hydrogen (secondary N) is 2. The van der Waals surface area contributed by atoms with Crippen molar-refractivity contribution in [1.82, 2.24) is 25.1 Å². The molecule has 0 aliphatic rings. The highest BCUT2D eigenvalue weighted by atomic mass is 32.1. The molecule has 0 radical (unpaired) electrons. The SMILES string of the molecule is COc1ccc(-c2n[nH]n3c2nc(=O)c2ccc(C(=O)NCc4cccs4)cc23)cc1. The highest BCUT2D eigenvalue weighted by Crippen LogP contribution is 2.25. The number of amides is 1. The van der Waals surface area contributed by atoms with Crippen molar-refractivity contribution in [3.8, 4) is 17.0 Å². The lowest BCUT2D eigenvalue weighted by Gasteiger charge is -2.06. The third-order valence-electron chi connectivity index (χ3n) is 4.99. The van der Waals surface area contributed by atoms with Gasteiger partial charge >= 0.3 is 0 Å². The van der Waals surface area contributed by atoms with Crippen LogP contribution in [-0.4, -0.2) is 32.8 Å². The number of aromatic nitrogens is 4. The molecule has 31 heavy (non-hydrogen) atoms. The topological polar surface area (TPSA) is 101 Å². The molecule has 0 atom stereocenters. The van der Waals surface area contributed by atoms with Gasteiger partial charge in [-0.2, -0.15) is 10.1 Å². The van der Waals surface area contributed by atoms with E-state index in [4.69, 9.17) is 4.74 Å². The molecule has 2 aromatic carbocycles. The summed E-state index contributed by atoms with van der Waals surface area (Å²) in [6.45, 7) is 0.450. The van der Waals surface area contributed by atoms with Crippen molar-refractivity contribution >= 4 is 33.8 Å². The first-order valence-electron chi connectivity index (χ1n) is 9.50. The molecule has 0 aliphatic heterocycles. The van der Waals surface area contributed by atoms with Gasteiger partial charge in [-0.1, -0.05) is 6.07 Å². The van der Waals surface area contributed by atoms with E-state index in [1.54, 1.807) is 41.2 Å². The van der Waals surface area contributed by atoms with Crippen LogP contribution in [0.25, 0.3) is 27.8 Å². The van der Waals surface area contributed by atoms with Crippen LogP contribution in [-0.2, 0) is 6.54 Å². The first-order valence-corrected chi connectivity index (χ1v) is 10.4. The number of fused-ring (bicyclic) bond motifs is 3. The third kappa shape index (κ3) is 3.44. The van der Waals surface area contributed by atoms with Gasteiger partial charge < -0.3 is 10.1 Å². The summed E-state index contributed by atoms with van der Waals surface area (Å²) < 4.78 is 6.81. The zero-order chi connectivity index (χ0) is 21.4. The molecule has 0 saturated heterocycles. The van der Waals surface area contributed by atoms with Crippen LogP contribution < -0.4 is 15.6 Å². The predicted octanol–water partition coefficient (Wildman–Crippen LogP) is 3.24. The highest BCUT2D eigenvalue weighted by Gasteiger charge is 2.16. The molecular weight excluding hydrogens is 414 g/mol. The Balaban J connectivity index is 1.56. The Labute approximate surface area is 180 Å². The summed E-state index contributed by atoms with van der Waals surface area (Å²) in [6, 6.07) is 16.1. The number of thiophene rings is 1. The minimum absolute atomic E-state index is 0.219. The molecule has 2 N–H and O–H groups in total. The van der Waals surface area contributed by atoms with Crippen molar-refractivity contribution in [1.29, 1.82) is 0 Å². The molecule has 0 saturated carbocycles. The van der Waals surface area contributed by atoms with Gasteiger partial charge in [-0.3, -0.25) is 9.59 Å². The molecule has 1 amide bonds. The second-order valence-electron chi connectivity index (χ2n) is 6.86. The van der Waals surface area contributed by atoms with Crippen LogP contribution in [0.2, 0.25) is 0 Å². The zero-order valence-electron chi connectivity index (χ0n) is 16.5. The minimum atomic E-state index is -0.378. The molecule has 0 unspecified atom stereocenters. The largest absolute Gasteiger partial charge is 0.497 e. The molecule has 0 fully saturated rings. The molecule has 9 heteroatoms. The van der Waals surface area contributed by atoms with Crippen LogP contribution in [0, 0.1) is 0 Å². The van der Waals surface area contributed by atoms with Crippen LogP contribution in [0.1, 0.15) is 15.2 Å². The van der Waals surface area contributed by atoms with Gasteiger partial charge in [-0.15, -0.1) is 11.3 Å². The molecule has 0 aliphatic carbocycles. The van der Waals surface area contributed by atoms with Gasteiger partial charge in [0.2, 0.25) is 0 Å². The Bertz CT molecular complexity index is 1450. The molecular formula is C22H17N5O3S. The minimum Gasteiger partial charge on any atom is -0.497 e. The lowest BCUT2D eigenvalue weighted by Crippen LogP contribution is -2.22. The zero-order valence-corrected chi connectivity index (χ0v) is 17.3. The lowest BCUT2D eigenvalue weighted by molar-refractivity contribution is 0.0951. The summed E-state index contributed by atoms with van der Waals surface area (Å²) in [6.07, 6.45) is 0. The first kappa shape index (κ1) is 19.0. The fourth-order valence-corrected chi connectivity index (χ4v) is 4.04. The van der Waals surface area contributed by atoms with E-state index in [-0.39, 0.29) is 11.5 Å². The van der Waals surface area contributed by atoms with Gasteiger partial charge in [0.05, 0.1) is 24.6 Å². The van der Waals surface area contributed by atoms with E-state index in [1.165, 1.54) is 0 Å². The summed E-state index contributed by atoms with van der Waals surface area (Å²) in [5, 5.41) is 12.5. The summed E-state index contributed by atoms with van der Waals surface area (Å²) in [5.41, 5.74) is 2.32. The first-order chi connectivity index (χ1) is 15.1. The molecule has 8 nitrogen and oxygen atoms in total. The van der Waals surface area contributed by atoms with Gasteiger partial charge in [-0.05, 0) is 53.9 Å². The van der Waals surface area contributed by atoms with Crippen LogP contribution in [0.4, 0.5) is 0 Å². The molecule has 5 rings (SSSR count). The third-order valence-corrected chi connectivity index (χ3v) is 5.87. The maximum atomic E-state index is 12.7. The fourth-order valence-electron chi connectivity index (χ4n) is 3.39. The van der Waals surface area contributed by atoms with Crippen LogP contribution >= 0.6 is 11.3 Å². The molecule has 0 bridgehead atoms. The number of benzene rings is 2. The molecule has 3 heterocycles. The average molecular weight is 431 g/mol. The fraction of sp³-hybridized carbons (Fsp3) is 0.0909. The number of H-pyrrole nitrogens is 1. The number of carbonyl (C=O) groups excluding carboxylic acids is 1. The second kappa shape index (κ2) is 7.69. The van der Waals surface area contributed by atoms with E-state index in [0.29, 0.717) is 34.4 Å². The standard InChI is InChI=1S/C22H17N5O3S/c1-30-15-7-4-13(5-8-15)19-20-24-22(29)17-9-6-14(11-18(17)27(20)26-25-19)21(28)23-12-16-3-2-10-31-16/h2-11,26H,12H2,1H3,(H,23,28). The van der Waals surface area contributed by atoms with E-state index in [2.05, 4.69) is 20.6 Å². The number of rotatable bonds is 5. The molecule has 3 aromatic heterocycles. The summed E-state index contributed by atoms with van der Waals surface area (Å²) in [5.74, 6) is 0.501. The average Bonchev–Trinajstić information content (AvgIpc) is 3.47. The number of ether oxygens (including phenoxy) is 1. The second-order valence-corrected chi connectivity index (χ2v) is 7.89.